The number of piperidine rings is 1. The van der Waals surface area contributed by atoms with Gasteiger partial charge in [0.25, 0.3) is 11.6 Å². The Morgan fingerprint density at radius 1 is 1.50 bits per heavy atom. The van der Waals surface area contributed by atoms with Gasteiger partial charge in [0, 0.05) is 25.2 Å². The molecule has 1 aliphatic heterocycles. The monoisotopic (exact) mass is 277 g/mol. The zero-order valence-corrected chi connectivity index (χ0v) is 11.8. The first-order chi connectivity index (χ1) is 9.52. The van der Waals surface area contributed by atoms with Crippen molar-refractivity contribution in [1.82, 2.24) is 10.2 Å². The van der Waals surface area contributed by atoms with Crippen molar-refractivity contribution in [3.05, 3.63) is 39.4 Å². The van der Waals surface area contributed by atoms with E-state index < -0.39 is 4.92 Å². The molecular weight excluding hydrogens is 258 g/mol. The second kappa shape index (κ2) is 6.00. The first-order valence-corrected chi connectivity index (χ1v) is 6.74. The summed E-state index contributed by atoms with van der Waals surface area (Å²) in [5, 5.41) is 14.2. The van der Waals surface area contributed by atoms with Crippen LogP contribution < -0.4 is 5.32 Å². The number of benzene rings is 1. The lowest BCUT2D eigenvalue weighted by molar-refractivity contribution is -0.385. The van der Waals surface area contributed by atoms with Crippen molar-refractivity contribution < 1.29 is 9.72 Å². The third kappa shape index (κ3) is 2.96. The van der Waals surface area contributed by atoms with E-state index >= 15 is 0 Å². The fraction of sp³-hybridized carbons (Fsp3) is 0.500. The molecule has 0 spiro atoms. The van der Waals surface area contributed by atoms with Gasteiger partial charge in [-0.25, -0.2) is 0 Å². The Bertz CT molecular complexity index is 530. The molecule has 1 unspecified atom stereocenters. The molecule has 0 bridgehead atoms. The summed E-state index contributed by atoms with van der Waals surface area (Å²) in [6, 6.07) is 4.92. The molecule has 2 rings (SSSR count). The Hall–Kier alpha value is -1.95. The van der Waals surface area contributed by atoms with Gasteiger partial charge in [0.05, 0.1) is 4.92 Å². The SMILES string of the molecule is CNC1CCCN(C(=O)c2cc(C)ccc2[N+](=O)[O-])C1. The van der Waals surface area contributed by atoms with E-state index in [9.17, 15) is 14.9 Å². The smallest absolute Gasteiger partial charge is 0.282 e. The molecule has 1 atom stereocenters. The van der Waals surface area contributed by atoms with Gasteiger partial charge in [0.15, 0.2) is 0 Å². The van der Waals surface area contributed by atoms with Gasteiger partial charge >= 0.3 is 0 Å². The summed E-state index contributed by atoms with van der Waals surface area (Å²) in [5.41, 5.74) is 0.917. The lowest BCUT2D eigenvalue weighted by atomic mass is 10.0. The highest BCUT2D eigenvalue weighted by Gasteiger charge is 2.28. The van der Waals surface area contributed by atoms with Gasteiger partial charge in [-0.05, 0) is 38.4 Å². The van der Waals surface area contributed by atoms with Gasteiger partial charge in [-0.2, -0.15) is 0 Å². The molecule has 6 nitrogen and oxygen atoms in total. The number of likely N-dealkylation sites (tertiary alicyclic amines) is 1. The summed E-state index contributed by atoms with van der Waals surface area (Å²) in [7, 11) is 1.87. The standard InChI is InChI=1S/C14H19N3O3/c1-10-5-6-13(17(19)20)12(8-10)14(18)16-7-3-4-11(9-16)15-2/h5-6,8,11,15H,3-4,7,9H2,1-2H3. The molecule has 108 valence electrons. The predicted octanol–water partition coefficient (Wildman–Crippen LogP) is 1.73. The normalized spacial score (nSPS) is 18.9. The number of aryl methyl sites for hydroxylation is 1. The number of nitrogens with one attached hydrogen (secondary N) is 1. The summed E-state index contributed by atoms with van der Waals surface area (Å²) in [6.07, 6.45) is 1.94. The number of nitro groups is 1. The van der Waals surface area contributed by atoms with Crippen molar-refractivity contribution in [2.24, 2.45) is 0 Å². The summed E-state index contributed by atoms with van der Waals surface area (Å²) in [4.78, 5) is 24.8. The molecule has 1 aromatic carbocycles. The molecule has 1 aromatic rings. The Morgan fingerprint density at radius 3 is 2.90 bits per heavy atom. The maximum absolute atomic E-state index is 12.5. The van der Waals surface area contributed by atoms with Crippen LogP contribution in [0.3, 0.4) is 0 Å². The van der Waals surface area contributed by atoms with Crippen molar-refractivity contribution in [1.29, 1.82) is 0 Å². The first kappa shape index (κ1) is 14.5. The van der Waals surface area contributed by atoms with Crippen LogP contribution in [0.5, 0.6) is 0 Å². The molecule has 0 radical (unpaired) electrons. The Morgan fingerprint density at radius 2 is 2.25 bits per heavy atom. The van der Waals surface area contributed by atoms with Crippen LogP contribution in [0.15, 0.2) is 18.2 Å². The summed E-state index contributed by atoms with van der Waals surface area (Å²) >= 11 is 0. The van der Waals surface area contributed by atoms with Gasteiger partial charge in [-0.3, -0.25) is 14.9 Å². The number of hydrogen-bond donors (Lipinski definition) is 1. The fourth-order valence-electron chi connectivity index (χ4n) is 2.55. The van der Waals surface area contributed by atoms with Gasteiger partial charge in [0.2, 0.25) is 0 Å². The van der Waals surface area contributed by atoms with Crippen LogP contribution in [0.1, 0.15) is 28.8 Å². The number of rotatable bonds is 3. The molecular formula is C14H19N3O3. The minimum atomic E-state index is -0.494. The zero-order valence-electron chi connectivity index (χ0n) is 11.8. The molecule has 1 saturated heterocycles. The summed E-state index contributed by atoms with van der Waals surface area (Å²) < 4.78 is 0. The Kier molecular flexibility index (Phi) is 4.34. The van der Waals surface area contributed by atoms with Crippen LogP contribution in [-0.2, 0) is 0 Å². The summed E-state index contributed by atoms with van der Waals surface area (Å²) in [6.45, 7) is 3.08. The van der Waals surface area contributed by atoms with Crippen molar-refractivity contribution in [2.75, 3.05) is 20.1 Å². The van der Waals surface area contributed by atoms with E-state index in [1.165, 1.54) is 6.07 Å². The maximum atomic E-state index is 12.5. The predicted molar refractivity (Wildman–Crippen MR) is 75.8 cm³/mol. The molecule has 1 fully saturated rings. The molecule has 1 amide bonds. The van der Waals surface area contributed by atoms with Crippen LogP contribution in [0, 0.1) is 17.0 Å². The lowest BCUT2D eigenvalue weighted by Gasteiger charge is -2.32. The van der Waals surface area contributed by atoms with Crippen LogP contribution in [0.4, 0.5) is 5.69 Å². The molecule has 0 aromatic heterocycles. The maximum Gasteiger partial charge on any atom is 0.282 e. The average molecular weight is 277 g/mol. The number of carbonyl (C=O) groups is 1. The van der Waals surface area contributed by atoms with Crippen LogP contribution in [-0.4, -0.2) is 41.9 Å². The van der Waals surface area contributed by atoms with Gasteiger partial charge in [0.1, 0.15) is 5.56 Å². The van der Waals surface area contributed by atoms with Gasteiger partial charge < -0.3 is 10.2 Å². The van der Waals surface area contributed by atoms with Crippen LogP contribution in [0.2, 0.25) is 0 Å². The first-order valence-electron chi connectivity index (χ1n) is 6.74. The third-order valence-corrected chi connectivity index (χ3v) is 3.70. The van der Waals surface area contributed by atoms with E-state index in [0.717, 1.165) is 18.4 Å². The topological polar surface area (TPSA) is 75.5 Å². The molecule has 1 N–H and O–H groups in total. The van der Waals surface area contributed by atoms with Gasteiger partial charge in [-0.1, -0.05) is 6.07 Å². The Balaban J connectivity index is 2.28. The van der Waals surface area contributed by atoms with E-state index in [1.807, 2.05) is 14.0 Å². The minimum Gasteiger partial charge on any atom is -0.337 e. The highest BCUT2D eigenvalue weighted by molar-refractivity contribution is 5.98. The number of nitrogens with zero attached hydrogens (tertiary/aromatic N) is 2. The third-order valence-electron chi connectivity index (χ3n) is 3.70. The zero-order chi connectivity index (χ0) is 14.7. The quantitative estimate of drug-likeness (QED) is 0.674. The van der Waals surface area contributed by atoms with Crippen molar-refractivity contribution in [3.8, 4) is 0 Å². The van der Waals surface area contributed by atoms with E-state index in [2.05, 4.69) is 5.32 Å². The van der Waals surface area contributed by atoms with Crippen LogP contribution in [0.25, 0.3) is 0 Å². The minimum absolute atomic E-state index is 0.118. The number of amides is 1. The Labute approximate surface area is 117 Å². The second-order valence-electron chi connectivity index (χ2n) is 5.16. The fourth-order valence-corrected chi connectivity index (χ4v) is 2.55. The number of hydrogen-bond acceptors (Lipinski definition) is 4. The molecule has 1 aliphatic rings. The lowest BCUT2D eigenvalue weighted by Crippen LogP contribution is -2.47. The van der Waals surface area contributed by atoms with Crippen molar-refractivity contribution in [3.63, 3.8) is 0 Å². The van der Waals surface area contributed by atoms with E-state index in [4.69, 9.17) is 0 Å². The largest absolute Gasteiger partial charge is 0.337 e. The highest BCUT2D eigenvalue weighted by Crippen LogP contribution is 2.23. The molecule has 0 saturated carbocycles. The number of nitro benzene ring substituents is 1. The van der Waals surface area contributed by atoms with E-state index in [1.54, 1.807) is 17.0 Å². The second-order valence-corrected chi connectivity index (χ2v) is 5.16. The molecule has 0 aliphatic carbocycles. The molecule has 20 heavy (non-hydrogen) atoms. The highest BCUT2D eigenvalue weighted by atomic mass is 16.6. The van der Waals surface area contributed by atoms with E-state index in [0.29, 0.717) is 13.1 Å². The molecule has 1 heterocycles. The van der Waals surface area contributed by atoms with Crippen molar-refractivity contribution in [2.45, 2.75) is 25.8 Å². The van der Waals surface area contributed by atoms with Crippen molar-refractivity contribution >= 4 is 11.6 Å². The van der Waals surface area contributed by atoms with E-state index in [-0.39, 0.29) is 23.2 Å². The summed E-state index contributed by atoms with van der Waals surface area (Å²) in [5.74, 6) is -0.250. The van der Waals surface area contributed by atoms with Crippen LogP contribution >= 0.6 is 0 Å². The average Bonchev–Trinajstić information content (AvgIpc) is 2.46. The van der Waals surface area contributed by atoms with Gasteiger partial charge in [-0.15, -0.1) is 0 Å². The number of likely N-dealkylation sites (N-methyl/N-ethyl adjacent to an activating group) is 1. The molecule has 6 heteroatoms. The number of carbonyl (C=O) groups excluding carboxylic acids is 1.